The summed E-state index contributed by atoms with van der Waals surface area (Å²) in [5.41, 5.74) is 2.30. The third-order valence-corrected chi connectivity index (χ3v) is 4.49. The van der Waals surface area contributed by atoms with Crippen LogP contribution in [0, 0.1) is 0 Å². The van der Waals surface area contributed by atoms with Gasteiger partial charge in [-0.05, 0) is 18.2 Å². The van der Waals surface area contributed by atoms with E-state index in [4.69, 9.17) is 9.47 Å². The van der Waals surface area contributed by atoms with Gasteiger partial charge in [0.05, 0.1) is 20.3 Å². The molecule has 3 rings (SSSR count). The summed E-state index contributed by atoms with van der Waals surface area (Å²) in [4.78, 5) is 18.8. The van der Waals surface area contributed by atoms with Gasteiger partial charge in [0.1, 0.15) is 11.4 Å². The second kappa shape index (κ2) is 9.89. The van der Waals surface area contributed by atoms with Crippen molar-refractivity contribution in [1.29, 1.82) is 0 Å². The number of aromatic nitrogens is 1. The molecule has 1 aliphatic heterocycles. The summed E-state index contributed by atoms with van der Waals surface area (Å²) in [7, 11) is 1.66. The second-order valence-electron chi connectivity index (χ2n) is 6.31. The van der Waals surface area contributed by atoms with Crippen LogP contribution in [0.1, 0.15) is 16.1 Å². The highest BCUT2D eigenvalue weighted by atomic mass is 16.5. The molecule has 0 unspecified atom stereocenters. The highest BCUT2D eigenvalue weighted by molar-refractivity contribution is 5.93. The number of nitrogens with one attached hydrogen (secondary N) is 2. The number of para-hydroxylation sites is 1. The van der Waals surface area contributed by atoms with Gasteiger partial charge in [-0.1, -0.05) is 18.2 Å². The van der Waals surface area contributed by atoms with Gasteiger partial charge in [0.2, 0.25) is 0 Å². The first kappa shape index (κ1) is 19.1. The zero-order chi connectivity index (χ0) is 18.9. The number of carbonyl (C=O) groups is 1. The van der Waals surface area contributed by atoms with Crippen LogP contribution in [0.2, 0.25) is 0 Å². The van der Waals surface area contributed by atoms with Crippen LogP contribution < -0.4 is 15.4 Å². The number of benzene rings is 1. The molecule has 27 heavy (non-hydrogen) atoms. The van der Waals surface area contributed by atoms with Crippen molar-refractivity contribution in [3.63, 3.8) is 0 Å². The lowest BCUT2D eigenvalue weighted by atomic mass is 10.2. The zero-order valence-corrected chi connectivity index (χ0v) is 15.6. The molecule has 0 bridgehead atoms. The van der Waals surface area contributed by atoms with Crippen molar-refractivity contribution in [2.45, 2.75) is 6.54 Å². The average molecular weight is 370 g/mol. The van der Waals surface area contributed by atoms with E-state index in [0.717, 1.165) is 49.8 Å². The number of rotatable bonds is 8. The van der Waals surface area contributed by atoms with Crippen molar-refractivity contribution in [2.75, 3.05) is 51.8 Å². The number of amides is 1. The highest BCUT2D eigenvalue weighted by Crippen LogP contribution is 2.19. The van der Waals surface area contributed by atoms with Crippen LogP contribution in [-0.2, 0) is 11.3 Å². The van der Waals surface area contributed by atoms with E-state index >= 15 is 0 Å². The Bertz CT molecular complexity index is 748. The van der Waals surface area contributed by atoms with Crippen LogP contribution in [0.3, 0.4) is 0 Å². The van der Waals surface area contributed by atoms with Crippen molar-refractivity contribution in [1.82, 2.24) is 15.2 Å². The molecule has 1 aromatic heterocycles. The first-order valence-corrected chi connectivity index (χ1v) is 9.16. The zero-order valence-electron chi connectivity index (χ0n) is 15.6. The lowest BCUT2D eigenvalue weighted by Crippen LogP contribution is -2.41. The van der Waals surface area contributed by atoms with Gasteiger partial charge in [-0.2, -0.15) is 0 Å². The number of nitrogens with zero attached hydrogens (tertiary/aromatic N) is 2. The molecule has 0 saturated carbocycles. The lowest BCUT2D eigenvalue weighted by Gasteiger charge is -2.26. The molecule has 2 heterocycles. The summed E-state index contributed by atoms with van der Waals surface area (Å²) < 4.78 is 10.7. The molecule has 7 heteroatoms. The summed E-state index contributed by atoms with van der Waals surface area (Å²) in [6.45, 7) is 5.37. The van der Waals surface area contributed by atoms with Gasteiger partial charge in [0.15, 0.2) is 0 Å². The van der Waals surface area contributed by atoms with Gasteiger partial charge in [-0.3, -0.25) is 14.7 Å². The molecule has 1 amide bonds. The Morgan fingerprint density at radius 1 is 1.26 bits per heavy atom. The van der Waals surface area contributed by atoms with Gasteiger partial charge in [-0.25, -0.2) is 0 Å². The summed E-state index contributed by atoms with van der Waals surface area (Å²) in [5, 5.41) is 6.25. The van der Waals surface area contributed by atoms with Gasteiger partial charge in [0.25, 0.3) is 5.91 Å². The molecule has 0 spiro atoms. The molecule has 2 N–H and O–H groups in total. The number of ether oxygens (including phenoxy) is 2. The highest BCUT2D eigenvalue weighted by Gasteiger charge is 2.12. The van der Waals surface area contributed by atoms with Crippen molar-refractivity contribution < 1.29 is 14.3 Å². The number of morpholine rings is 1. The average Bonchev–Trinajstić information content (AvgIpc) is 2.73. The first-order chi connectivity index (χ1) is 13.3. The minimum atomic E-state index is -0.163. The standard InChI is InChI=1S/C20H26N4O3/c1-26-19-5-3-2-4-16(19)15-23-17-6-7-21-18(14-17)20(25)22-8-9-24-10-12-27-13-11-24/h2-7,14H,8-13,15H2,1H3,(H,21,23)(H,22,25). The Hall–Kier alpha value is -2.64. The molecule has 7 nitrogen and oxygen atoms in total. The number of pyridine rings is 1. The Balaban J connectivity index is 1.50. The molecule has 0 atom stereocenters. The molecule has 144 valence electrons. The Morgan fingerprint density at radius 3 is 2.89 bits per heavy atom. The third-order valence-electron chi connectivity index (χ3n) is 4.49. The van der Waals surface area contributed by atoms with Gasteiger partial charge in [-0.15, -0.1) is 0 Å². The SMILES string of the molecule is COc1ccccc1CNc1ccnc(C(=O)NCCN2CCOCC2)c1. The third kappa shape index (κ3) is 5.67. The maximum atomic E-state index is 12.3. The smallest absolute Gasteiger partial charge is 0.269 e. The van der Waals surface area contributed by atoms with Crippen molar-refractivity contribution in [3.05, 3.63) is 53.9 Å². The van der Waals surface area contributed by atoms with Crippen molar-refractivity contribution in [3.8, 4) is 5.75 Å². The van der Waals surface area contributed by atoms with Crippen LogP contribution in [0.5, 0.6) is 5.75 Å². The summed E-state index contributed by atoms with van der Waals surface area (Å²) >= 11 is 0. The summed E-state index contributed by atoms with van der Waals surface area (Å²) in [6, 6.07) is 11.5. The molecule has 0 aliphatic carbocycles. The Morgan fingerprint density at radius 2 is 2.07 bits per heavy atom. The fraction of sp³-hybridized carbons (Fsp3) is 0.400. The van der Waals surface area contributed by atoms with Gasteiger partial charge >= 0.3 is 0 Å². The van der Waals surface area contributed by atoms with E-state index in [2.05, 4.69) is 20.5 Å². The number of hydrogen-bond acceptors (Lipinski definition) is 6. The molecule has 0 radical (unpaired) electrons. The minimum Gasteiger partial charge on any atom is -0.496 e. The van der Waals surface area contributed by atoms with E-state index < -0.39 is 0 Å². The van der Waals surface area contributed by atoms with E-state index in [1.165, 1.54) is 0 Å². The molecule has 1 aliphatic rings. The van der Waals surface area contributed by atoms with E-state index in [-0.39, 0.29) is 5.91 Å². The van der Waals surface area contributed by atoms with Crippen LogP contribution in [-0.4, -0.2) is 62.3 Å². The van der Waals surface area contributed by atoms with Crippen LogP contribution in [0.25, 0.3) is 0 Å². The lowest BCUT2D eigenvalue weighted by molar-refractivity contribution is 0.0383. The maximum Gasteiger partial charge on any atom is 0.269 e. The Labute approximate surface area is 159 Å². The van der Waals surface area contributed by atoms with Gasteiger partial charge < -0.3 is 20.1 Å². The summed E-state index contributed by atoms with van der Waals surface area (Å²) in [5.74, 6) is 0.671. The van der Waals surface area contributed by atoms with E-state index in [1.807, 2.05) is 30.3 Å². The first-order valence-electron chi connectivity index (χ1n) is 9.16. The number of carbonyl (C=O) groups excluding carboxylic acids is 1. The fourth-order valence-electron chi connectivity index (χ4n) is 2.95. The second-order valence-corrected chi connectivity index (χ2v) is 6.31. The number of methoxy groups -OCH3 is 1. The monoisotopic (exact) mass is 370 g/mol. The molecule has 1 saturated heterocycles. The van der Waals surface area contributed by atoms with E-state index in [9.17, 15) is 4.79 Å². The Kier molecular flexibility index (Phi) is 7.01. The quantitative estimate of drug-likeness (QED) is 0.738. The maximum absolute atomic E-state index is 12.3. The largest absolute Gasteiger partial charge is 0.496 e. The van der Waals surface area contributed by atoms with Crippen LogP contribution in [0.15, 0.2) is 42.6 Å². The normalized spacial score (nSPS) is 14.6. The minimum absolute atomic E-state index is 0.163. The predicted octanol–water partition coefficient (Wildman–Crippen LogP) is 1.76. The fourth-order valence-corrected chi connectivity index (χ4v) is 2.95. The summed E-state index contributed by atoms with van der Waals surface area (Å²) in [6.07, 6.45) is 1.64. The molecule has 2 aromatic rings. The van der Waals surface area contributed by atoms with Crippen LogP contribution in [0.4, 0.5) is 5.69 Å². The predicted molar refractivity (Wildman–Crippen MR) is 104 cm³/mol. The van der Waals surface area contributed by atoms with Crippen LogP contribution >= 0.6 is 0 Å². The number of anilines is 1. The topological polar surface area (TPSA) is 75.7 Å². The van der Waals surface area contributed by atoms with Gasteiger partial charge in [0, 0.05) is 50.2 Å². The molecule has 1 aromatic carbocycles. The van der Waals surface area contributed by atoms with Crippen molar-refractivity contribution >= 4 is 11.6 Å². The van der Waals surface area contributed by atoms with E-state index in [1.54, 1.807) is 19.4 Å². The molecular weight excluding hydrogens is 344 g/mol. The van der Waals surface area contributed by atoms with E-state index in [0.29, 0.717) is 18.8 Å². The molecule has 1 fully saturated rings. The number of hydrogen-bond donors (Lipinski definition) is 2. The molecular formula is C20H26N4O3. The van der Waals surface area contributed by atoms with Crippen molar-refractivity contribution in [2.24, 2.45) is 0 Å².